The normalized spacial score (nSPS) is 17.7. The predicted octanol–water partition coefficient (Wildman–Crippen LogP) is 2.49. The number of nitrogens with zero attached hydrogens (tertiary/aromatic N) is 7. The summed E-state index contributed by atoms with van der Waals surface area (Å²) in [4.78, 5) is 24.0. The van der Waals surface area contributed by atoms with E-state index in [1.807, 2.05) is 26.2 Å². The zero-order valence-electron chi connectivity index (χ0n) is 19.8. The van der Waals surface area contributed by atoms with Crippen LogP contribution in [-0.4, -0.2) is 60.1 Å². The van der Waals surface area contributed by atoms with Crippen LogP contribution >= 0.6 is 0 Å². The number of aromatic nitrogens is 6. The lowest BCUT2D eigenvalue weighted by atomic mass is 9.92. The quantitative estimate of drug-likeness (QED) is 0.632. The molecule has 1 fully saturated rings. The third-order valence-corrected chi connectivity index (χ3v) is 6.19. The topological polar surface area (TPSA) is 93.8 Å². The van der Waals surface area contributed by atoms with Crippen LogP contribution in [0.4, 0.5) is 5.82 Å². The lowest BCUT2D eigenvalue weighted by molar-refractivity contribution is 0.147. The van der Waals surface area contributed by atoms with Crippen molar-refractivity contribution in [2.24, 2.45) is 7.05 Å². The monoisotopic (exact) mass is 438 g/mol. The van der Waals surface area contributed by atoms with Crippen LogP contribution < -0.4 is 10.9 Å². The standard InChI is InChI=1S/C23H34N8O/c1-16-26-21(18-15-25-29(5)22(18)27-16)24-14-17-8-6-7-11-30(17)12-13-31-20(32)10-9-19(28-31)23(2,3)4/h9-10,15,17H,6-8,11-14H2,1-5H3,(H,24,26,27). The zero-order valence-corrected chi connectivity index (χ0v) is 19.8. The summed E-state index contributed by atoms with van der Waals surface area (Å²) in [5.74, 6) is 1.56. The second-order valence-corrected chi connectivity index (χ2v) is 9.72. The SMILES string of the molecule is Cc1nc(NCC2CCCCN2CCn2nc(C(C)(C)C)ccc2=O)c2cnn(C)c2n1. The van der Waals surface area contributed by atoms with E-state index in [1.54, 1.807) is 15.4 Å². The zero-order chi connectivity index (χ0) is 22.9. The van der Waals surface area contributed by atoms with E-state index in [-0.39, 0.29) is 11.0 Å². The molecule has 9 nitrogen and oxygen atoms in total. The second kappa shape index (κ2) is 8.97. The van der Waals surface area contributed by atoms with Gasteiger partial charge in [-0.05, 0) is 32.4 Å². The van der Waals surface area contributed by atoms with Crippen LogP contribution in [0.2, 0.25) is 0 Å². The number of nitrogens with one attached hydrogen (secondary N) is 1. The minimum Gasteiger partial charge on any atom is -0.368 e. The van der Waals surface area contributed by atoms with Crippen molar-refractivity contribution in [2.75, 3.05) is 25.0 Å². The van der Waals surface area contributed by atoms with E-state index >= 15 is 0 Å². The number of hydrogen-bond acceptors (Lipinski definition) is 7. The van der Waals surface area contributed by atoms with Crippen molar-refractivity contribution in [3.8, 4) is 0 Å². The smallest absolute Gasteiger partial charge is 0.266 e. The molecule has 0 saturated carbocycles. The van der Waals surface area contributed by atoms with E-state index in [4.69, 9.17) is 0 Å². The average Bonchev–Trinajstić information content (AvgIpc) is 3.12. The molecule has 1 unspecified atom stereocenters. The first-order valence-corrected chi connectivity index (χ1v) is 11.5. The molecule has 0 bridgehead atoms. The number of anilines is 1. The molecule has 1 N–H and O–H groups in total. The Hall–Kier alpha value is -2.81. The van der Waals surface area contributed by atoms with Crippen molar-refractivity contribution in [1.82, 2.24) is 34.4 Å². The van der Waals surface area contributed by atoms with Gasteiger partial charge in [-0.3, -0.25) is 14.4 Å². The maximum atomic E-state index is 12.4. The highest BCUT2D eigenvalue weighted by molar-refractivity contribution is 5.86. The van der Waals surface area contributed by atoms with Gasteiger partial charge < -0.3 is 5.32 Å². The molecule has 0 aliphatic carbocycles. The summed E-state index contributed by atoms with van der Waals surface area (Å²) in [7, 11) is 1.89. The van der Waals surface area contributed by atoms with Crippen LogP contribution in [0.1, 0.15) is 51.6 Å². The summed E-state index contributed by atoms with van der Waals surface area (Å²) in [6.45, 7) is 11.5. The highest BCUT2D eigenvalue weighted by Gasteiger charge is 2.23. The van der Waals surface area contributed by atoms with Gasteiger partial charge in [0.05, 0.1) is 23.8 Å². The Morgan fingerprint density at radius 2 is 1.97 bits per heavy atom. The highest BCUT2D eigenvalue weighted by atomic mass is 16.1. The first-order chi connectivity index (χ1) is 15.2. The molecular weight excluding hydrogens is 404 g/mol. The van der Waals surface area contributed by atoms with Gasteiger partial charge in [0.1, 0.15) is 11.6 Å². The summed E-state index contributed by atoms with van der Waals surface area (Å²) in [6.07, 6.45) is 5.33. The fourth-order valence-electron chi connectivity index (χ4n) is 4.30. The Labute approximate surface area is 188 Å². The van der Waals surface area contributed by atoms with Crippen LogP contribution in [0.3, 0.4) is 0 Å². The third kappa shape index (κ3) is 4.82. The Kier molecular flexibility index (Phi) is 6.28. The van der Waals surface area contributed by atoms with E-state index in [0.717, 1.165) is 54.4 Å². The second-order valence-electron chi connectivity index (χ2n) is 9.72. The molecule has 3 aromatic rings. The van der Waals surface area contributed by atoms with Crippen LogP contribution in [0, 0.1) is 6.92 Å². The largest absolute Gasteiger partial charge is 0.368 e. The molecule has 1 aliphatic heterocycles. The summed E-state index contributed by atoms with van der Waals surface area (Å²) < 4.78 is 3.39. The van der Waals surface area contributed by atoms with Gasteiger partial charge in [-0.25, -0.2) is 14.6 Å². The molecule has 32 heavy (non-hydrogen) atoms. The fourth-order valence-corrected chi connectivity index (χ4v) is 4.30. The molecule has 9 heteroatoms. The fraction of sp³-hybridized carbons (Fsp3) is 0.609. The number of likely N-dealkylation sites (tertiary alicyclic amines) is 1. The first-order valence-electron chi connectivity index (χ1n) is 11.5. The molecule has 4 rings (SSSR count). The van der Waals surface area contributed by atoms with E-state index in [0.29, 0.717) is 12.6 Å². The average molecular weight is 439 g/mol. The Morgan fingerprint density at radius 3 is 2.75 bits per heavy atom. The van der Waals surface area contributed by atoms with Gasteiger partial charge >= 0.3 is 0 Å². The number of fused-ring (bicyclic) bond motifs is 1. The first kappa shape index (κ1) is 22.4. The number of aryl methyl sites for hydroxylation is 2. The third-order valence-electron chi connectivity index (χ3n) is 6.19. The van der Waals surface area contributed by atoms with Gasteiger partial charge in [0.15, 0.2) is 5.65 Å². The molecule has 1 atom stereocenters. The maximum absolute atomic E-state index is 12.4. The van der Waals surface area contributed by atoms with Gasteiger partial charge in [0.2, 0.25) is 0 Å². The maximum Gasteiger partial charge on any atom is 0.266 e. The molecule has 172 valence electrons. The minimum atomic E-state index is -0.0830. The van der Waals surface area contributed by atoms with E-state index in [1.165, 1.54) is 12.8 Å². The summed E-state index contributed by atoms with van der Waals surface area (Å²) >= 11 is 0. The lowest BCUT2D eigenvalue weighted by Crippen LogP contribution is -2.45. The van der Waals surface area contributed by atoms with Gasteiger partial charge in [-0.1, -0.05) is 27.2 Å². The van der Waals surface area contributed by atoms with Crippen LogP contribution in [0.5, 0.6) is 0 Å². The van der Waals surface area contributed by atoms with Gasteiger partial charge in [-0.2, -0.15) is 10.2 Å². The van der Waals surface area contributed by atoms with Crippen LogP contribution in [0.25, 0.3) is 11.0 Å². The van der Waals surface area contributed by atoms with E-state index in [9.17, 15) is 4.79 Å². The molecule has 4 heterocycles. The molecule has 0 radical (unpaired) electrons. The van der Waals surface area contributed by atoms with E-state index in [2.05, 4.69) is 51.2 Å². The van der Waals surface area contributed by atoms with Crippen molar-refractivity contribution in [3.05, 3.63) is 40.2 Å². The summed E-state index contributed by atoms with van der Waals surface area (Å²) in [5.41, 5.74) is 1.65. The molecule has 0 aromatic carbocycles. The highest BCUT2D eigenvalue weighted by Crippen LogP contribution is 2.22. The molecule has 1 saturated heterocycles. The van der Waals surface area contributed by atoms with Crippen molar-refractivity contribution >= 4 is 16.9 Å². The molecule has 3 aromatic heterocycles. The Bertz CT molecular complexity index is 1140. The van der Waals surface area contributed by atoms with Crippen molar-refractivity contribution in [1.29, 1.82) is 0 Å². The van der Waals surface area contributed by atoms with Crippen LogP contribution in [-0.2, 0) is 19.0 Å². The summed E-state index contributed by atoms with van der Waals surface area (Å²) in [5, 5.41) is 13.4. The van der Waals surface area contributed by atoms with Crippen molar-refractivity contribution in [2.45, 2.75) is 65.0 Å². The predicted molar refractivity (Wildman–Crippen MR) is 126 cm³/mol. The van der Waals surface area contributed by atoms with E-state index < -0.39 is 0 Å². The number of piperidine rings is 1. The van der Waals surface area contributed by atoms with Gasteiger partial charge in [-0.15, -0.1) is 0 Å². The molecule has 0 amide bonds. The molecular formula is C23H34N8O. The van der Waals surface area contributed by atoms with Crippen molar-refractivity contribution in [3.63, 3.8) is 0 Å². The minimum absolute atomic E-state index is 0.0416. The lowest BCUT2D eigenvalue weighted by Gasteiger charge is -2.36. The van der Waals surface area contributed by atoms with Gasteiger partial charge in [0.25, 0.3) is 5.56 Å². The summed E-state index contributed by atoms with van der Waals surface area (Å²) in [6, 6.07) is 3.86. The van der Waals surface area contributed by atoms with Crippen LogP contribution in [0.15, 0.2) is 23.1 Å². The molecule has 1 aliphatic rings. The number of hydrogen-bond donors (Lipinski definition) is 1. The number of rotatable bonds is 6. The Balaban J connectivity index is 1.45. The molecule has 0 spiro atoms. The Morgan fingerprint density at radius 1 is 1.16 bits per heavy atom. The van der Waals surface area contributed by atoms with Crippen molar-refractivity contribution < 1.29 is 0 Å². The van der Waals surface area contributed by atoms with Gasteiger partial charge in [0, 0.05) is 37.7 Å².